The molecule has 6 nitrogen and oxygen atoms in total. The molecule has 2 aliphatic heterocycles. The Kier molecular flexibility index (Phi) is 1.74. The molecule has 0 aromatic heterocycles. The van der Waals surface area contributed by atoms with Crippen LogP contribution >= 0.6 is 0 Å². The first-order valence-electron chi connectivity index (χ1n) is 4.14. The van der Waals surface area contributed by atoms with Gasteiger partial charge in [-0.15, -0.1) is 0 Å². The summed E-state index contributed by atoms with van der Waals surface area (Å²) in [5.74, 6) is -0.168. The quantitative estimate of drug-likeness (QED) is 0.473. The van der Waals surface area contributed by atoms with Gasteiger partial charge in [0.2, 0.25) is 0 Å². The van der Waals surface area contributed by atoms with Gasteiger partial charge in [-0.2, -0.15) is 0 Å². The van der Waals surface area contributed by atoms with Gasteiger partial charge in [0.05, 0.1) is 0 Å². The van der Waals surface area contributed by atoms with Gasteiger partial charge in [-0.05, 0) is 0 Å². The van der Waals surface area contributed by atoms with E-state index in [2.05, 4.69) is 10.6 Å². The van der Waals surface area contributed by atoms with Gasteiger partial charge >= 0.3 is 6.03 Å². The lowest BCUT2D eigenvalue weighted by Crippen LogP contribution is -2.64. The van der Waals surface area contributed by atoms with Crippen molar-refractivity contribution in [3.63, 3.8) is 0 Å². The summed E-state index contributed by atoms with van der Waals surface area (Å²) in [7, 11) is 3.18. The molecule has 2 N–H and O–H groups in total. The maximum atomic E-state index is 11.5. The van der Waals surface area contributed by atoms with Gasteiger partial charge in [0.15, 0.2) is 0 Å². The number of nitrogens with one attached hydrogen (secondary N) is 2. The summed E-state index contributed by atoms with van der Waals surface area (Å²) >= 11 is 0. The van der Waals surface area contributed by atoms with Gasteiger partial charge in [-0.3, -0.25) is 20.3 Å². The van der Waals surface area contributed by atoms with E-state index in [1.54, 1.807) is 7.05 Å². The van der Waals surface area contributed by atoms with Gasteiger partial charge in [0.25, 0.3) is 5.91 Å². The van der Waals surface area contributed by atoms with Crippen molar-refractivity contribution < 1.29 is 9.59 Å². The Bertz CT molecular complexity index is 267. The van der Waals surface area contributed by atoms with Crippen LogP contribution in [-0.2, 0) is 4.79 Å². The number of hydrogen-bond acceptors (Lipinski definition) is 4. The smallest absolute Gasteiger partial charge is 0.310 e. The zero-order chi connectivity index (χ0) is 9.59. The van der Waals surface area contributed by atoms with E-state index in [9.17, 15) is 9.59 Å². The molecule has 3 amide bonds. The number of rotatable bonds is 0. The number of hydrogen-bond donors (Lipinski definition) is 2. The molecule has 2 rings (SSSR count). The first-order chi connectivity index (χ1) is 6.13. The molecule has 2 saturated heterocycles. The van der Waals surface area contributed by atoms with E-state index >= 15 is 0 Å². The van der Waals surface area contributed by atoms with Crippen molar-refractivity contribution in [2.45, 2.75) is 12.2 Å². The fourth-order valence-corrected chi connectivity index (χ4v) is 1.74. The van der Waals surface area contributed by atoms with Crippen molar-refractivity contribution in [2.75, 3.05) is 20.8 Å². The molecular formula is C7H12N4O2. The van der Waals surface area contributed by atoms with E-state index in [1.807, 2.05) is 0 Å². The van der Waals surface area contributed by atoms with E-state index < -0.39 is 0 Å². The van der Waals surface area contributed by atoms with Gasteiger partial charge in [-0.1, -0.05) is 0 Å². The maximum absolute atomic E-state index is 11.5. The first-order valence-corrected chi connectivity index (χ1v) is 4.14. The maximum Gasteiger partial charge on any atom is 0.327 e. The molecule has 0 aromatic carbocycles. The molecule has 2 unspecified atom stereocenters. The molecule has 0 bridgehead atoms. The summed E-state index contributed by atoms with van der Waals surface area (Å²) in [6.45, 7) is 0.562. The Morgan fingerprint density at radius 2 is 2.00 bits per heavy atom. The van der Waals surface area contributed by atoms with Crippen molar-refractivity contribution in [1.82, 2.24) is 20.4 Å². The highest BCUT2D eigenvalue weighted by Crippen LogP contribution is 2.15. The molecule has 0 radical (unpaired) electrons. The van der Waals surface area contributed by atoms with E-state index in [0.29, 0.717) is 6.67 Å². The normalized spacial score (nSPS) is 34.0. The summed E-state index contributed by atoms with van der Waals surface area (Å²) in [5, 5.41) is 6.03. The second-order valence-corrected chi connectivity index (χ2v) is 3.30. The fourth-order valence-electron chi connectivity index (χ4n) is 1.74. The SMILES string of the molecule is CN1C(=O)C2NCNC2N(C)C1=O. The van der Waals surface area contributed by atoms with E-state index in [1.165, 1.54) is 11.9 Å². The number of nitrogens with zero attached hydrogens (tertiary/aromatic N) is 2. The molecular weight excluding hydrogens is 172 g/mol. The molecule has 2 fully saturated rings. The lowest BCUT2D eigenvalue weighted by Gasteiger charge is -2.37. The van der Waals surface area contributed by atoms with Gasteiger partial charge in [0, 0.05) is 20.8 Å². The van der Waals surface area contributed by atoms with Crippen LogP contribution in [0.15, 0.2) is 0 Å². The summed E-state index contributed by atoms with van der Waals surface area (Å²) in [6.07, 6.45) is -0.198. The molecule has 2 aliphatic rings. The Balaban J connectivity index is 2.29. The van der Waals surface area contributed by atoms with Crippen LogP contribution in [0.2, 0.25) is 0 Å². The molecule has 0 spiro atoms. The number of carbonyl (C=O) groups excluding carboxylic acids is 2. The highest BCUT2D eigenvalue weighted by Gasteiger charge is 2.45. The summed E-state index contributed by atoms with van der Waals surface area (Å²) < 4.78 is 0. The number of amides is 3. The number of carbonyl (C=O) groups is 2. The van der Waals surface area contributed by atoms with Gasteiger partial charge < -0.3 is 4.90 Å². The van der Waals surface area contributed by atoms with Crippen molar-refractivity contribution in [3.8, 4) is 0 Å². The topological polar surface area (TPSA) is 64.7 Å². The highest BCUT2D eigenvalue weighted by molar-refractivity contribution is 6.00. The zero-order valence-corrected chi connectivity index (χ0v) is 7.57. The number of likely N-dealkylation sites (N-methyl/N-ethyl adjacent to an activating group) is 2. The first kappa shape index (κ1) is 8.46. The molecule has 13 heavy (non-hydrogen) atoms. The fraction of sp³-hybridized carbons (Fsp3) is 0.714. The minimum atomic E-state index is -0.298. The van der Waals surface area contributed by atoms with Crippen LogP contribution in [0.1, 0.15) is 0 Å². The second-order valence-electron chi connectivity index (χ2n) is 3.30. The molecule has 2 atom stereocenters. The largest absolute Gasteiger partial charge is 0.327 e. The van der Waals surface area contributed by atoms with Crippen molar-refractivity contribution >= 4 is 11.9 Å². The number of fused-ring (bicyclic) bond motifs is 1. The highest BCUT2D eigenvalue weighted by atomic mass is 16.2. The van der Waals surface area contributed by atoms with Crippen molar-refractivity contribution in [3.05, 3.63) is 0 Å². The molecule has 0 aliphatic carbocycles. The zero-order valence-electron chi connectivity index (χ0n) is 7.57. The Morgan fingerprint density at radius 3 is 2.69 bits per heavy atom. The van der Waals surface area contributed by atoms with Crippen LogP contribution in [0.4, 0.5) is 4.79 Å². The van der Waals surface area contributed by atoms with Crippen LogP contribution in [0.3, 0.4) is 0 Å². The lowest BCUT2D eigenvalue weighted by atomic mass is 10.1. The van der Waals surface area contributed by atoms with Crippen LogP contribution < -0.4 is 10.6 Å². The van der Waals surface area contributed by atoms with Crippen LogP contribution in [0.5, 0.6) is 0 Å². The summed E-state index contributed by atoms with van der Waals surface area (Å²) in [6, 6.07) is -0.560. The third kappa shape index (κ3) is 1.02. The molecule has 0 saturated carbocycles. The van der Waals surface area contributed by atoms with E-state index in [0.717, 1.165) is 4.90 Å². The Hall–Kier alpha value is -1.14. The second kappa shape index (κ2) is 2.68. The number of imide groups is 1. The van der Waals surface area contributed by atoms with Crippen LogP contribution in [0, 0.1) is 0 Å². The van der Waals surface area contributed by atoms with Gasteiger partial charge in [0.1, 0.15) is 12.2 Å². The van der Waals surface area contributed by atoms with Crippen LogP contribution in [-0.4, -0.2) is 54.7 Å². The predicted octanol–water partition coefficient (Wildman–Crippen LogP) is -1.64. The minimum absolute atomic E-state index is 0.168. The molecule has 0 aromatic rings. The summed E-state index contributed by atoms with van der Waals surface area (Å²) in [5.41, 5.74) is 0. The standard InChI is InChI=1S/C7H12N4O2/c1-10-5-4(8-3-9-5)6(12)11(2)7(10)13/h4-5,8-9H,3H2,1-2H3. The monoisotopic (exact) mass is 184 g/mol. The van der Waals surface area contributed by atoms with Crippen LogP contribution in [0.25, 0.3) is 0 Å². The Labute approximate surface area is 75.9 Å². The van der Waals surface area contributed by atoms with Crippen molar-refractivity contribution in [2.24, 2.45) is 0 Å². The van der Waals surface area contributed by atoms with E-state index in [-0.39, 0.29) is 24.1 Å². The minimum Gasteiger partial charge on any atom is -0.310 e. The summed E-state index contributed by atoms with van der Waals surface area (Å²) in [4.78, 5) is 25.7. The molecule has 6 heteroatoms. The molecule has 72 valence electrons. The third-order valence-corrected chi connectivity index (χ3v) is 2.55. The predicted molar refractivity (Wildman–Crippen MR) is 44.6 cm³/mol. The average molecular weight is 184 g/mol. The lowest BCUT2D eigenvalue weighted by molar-refractivity contribution is -0.133. The third-order valence-electron chi connectivity index (χ3n) is 2.55. The average Bonchev–Trinajstić information content (AvgIpc) is 2.59. The van der Waals surface area contributed by atoms with Gasteiger partial charge in [-0.25, -0.2) is 4.79 Å². The Morgan fingerprint density at radius 1 is 1.31 bits per heavy atom. The number of urea groups is 1. The molecule has 2 heterocycles. The van der Waals surface area contributed by atoms with Crippen molar-refractivity contribution in [1.29, 1.82) is 0 Å². The van der Waals surface area contributed by atoms with E-state index in [4.69, 9.17) is 0 Å².